The Kier molecular flexibility index (Phi) is 8.69. The van der Waals surface area contributed by atoms with Crippen LogP contribution in [0.15, 0.2) is 24.3 Å². The van der Waals surface area contributed by atoms with E-state index in [-0.39, 0.29) is 5.97 Å². The third-order valence-electron chi connectivity index (χ3n) is 5.97. The first-order valence-corrected chi connectivity index (χ1v) is 11.3. The fourth-order valence-corrected chi connectivity index (χ4v) is 4.47. The molecule has 7 heteroatoms. The number of carbonyl (C=O) groups excluding carboxylic acids is 1. The van der Waals surface area contributed by atoms with E-state index in [0.29, 0.717) is 36.2 Å². The summed E-state index contributed by atoms with van der Waals surface area (Å²) in [5, 5.41) is 0. The fraction of sp³-hybridized carbons (Fsp3) is 0.500. The maximum atomic E-state index is 11.7. The Morgan fingerprint density at radius 2 is 1.36 bits per heavy atom. The molecule has 0 atom stereocenters. The Bertz CT molecular complexity index is 896. The van der Waals surface area contributed by atoms with Crippen LogP contribution in [0.1, 0.15) is 47.7 Å². The minimum Gasteiger partial charge on any atom is -0.494 e. The summed E-state index contributed by atoms with van der Waals surface area (Å²) in [5.74, 6) is 3.58. The van der Waals surface area contributed by atoms with Crippen molar-refractivity contribution in [3.8, 4) is 28.7 Å². The van der Waals surface area contributed by atoms with Crippen molar-refractivity contribution in [3.63, 3.8) is 0 Å². The van der Waals surface area contributed by atoms with E-state index < -0.39 is 0 Å². The summed E-state index contributed by atoms with van der Waals surface area (Å²) in [6, 6.07) is 7.07. The molecule has 3 rings (SSSR count). The van der Waals surface area contributed by atoms with Gasteiger partial charge in [0, 0.05) is 11.1 Å². The predicted octanol–water partition coefficient (Wildman–Crippen LogP) is 4.86. The summed E-state index contributed by atoms with van der Waals surface area (Å²) in [4.78, 5) is 11.7. The lowest BCUT2D eigenvalue weighted by Gasteiger charge is -2.19. The first-order chi connectivity index (χ1) is 16.1. The molecule has 0 heterocycles. The Balaban J connectivity index is 1.52. The van der Waals surface area contributed by atoms with Crippen molar-refractivity contribution in [3.05, 3.63) is 41.0 Å². The maximum Gasteiger partial charge on any atom is 0.338 e. The first-order valence-electron chi connectivity index (χ1n) is 11.3. The van der Waals surface area contributed by atoms with E-state index in [0.717, 1.165) is 60.5 Å². The monoisotopic (exact) mass is 458 g/mol. The molecule has 0 amide bonds. The van der Waals surface area contributed by atoms with Crippen LogP contribution in [0.4, 0.5) is 0 Å². The molecule has 0 fully saturated rings. The van der Waals surface area contributed by atoms with Crippen molar-refractivity contribution in [2.45, 2.75) is 39.0 Å². The molecule has 2 aromatic rings. The van der Waals surface area contributed by atoms with Crippen molar-refractivity contribution in [2.24, 2.45) is 5.92 Å². The van der Waals surface area contributed by atoms with Gasteiger partial charge >= 0.3 is 5.97 Å². The van der Waals surface area contributed by atoms with Gasteiger partial charge in [0.05, 0.1) is 47.2 Å². The van der Waals surface area contributed by atoms with Crippen LogP contribution in [0.25, 0.3) is 0 Å². The minimum atomic E-state index is -0.315. The van der Waals surface area contributed by atoms with Crippen LogP contribution < -0.4 is 23.7 Å². The van der Waals surface area contributed by atoms with Crippen LogP contribution in [-0.2, 0) is 17.6 Å². The van der Waals surface area contributed by atoms with Crippen LogP contribution in [0.2, 0.25) is 0 Å². The largest absolute Gasteiger partial charge is 0.494 e. The van der Waals surface area contributed by atoms with Crippen molar-refractivity contribution in [1.29, 1.82) is 0 Å². The van der Waals surface area contributed by atoms with E-state index in [1.54, 1.807) is 59.6 Å². The van der Waals surface area contributed by atoms with Crippen LogP contribution in [0, 0.1) is 5.92 Å². The molecule has 2 aromatic carbocycles. The van der Waals surface area contributed by atoms with E-state index in [4.69, 9.17) is 28.4 Å². The standard InChI is InChI=1S/C26H34O7/c1-6-32-26(27)18-10-12-19(13-11-18)33-14-8-7-9-17-15-20-21(16-17)23(29-3)25(31-5)24(30-4)22(20)28-2/h10-13,17H,6-9,14-16H2,1-5H3. The van der Waals surface area contributed by atoms with Gasteiger partial charge in [0.1, 0.15) is 5.75 Å². The van der Waals surface area contributed by atoms with Crippen molar-refractivity contribution >= 4 is 5.97 Å². The highest BCUT2D eigenvalue weighted by Gasteiger charge is 2.33. The van der Waals surface area contributed by atoms with Gasteiger partial charge in [-0.3, -0.25) is 0 Å². The molecule has 0 radical (unpaired) electrons. The molecule has 0 saturated heterocycles. The smallest absolute Gasteiger partial charge is 0.338 e. The lowest BCUT2D eigenvalue weighted by molar-refractivity contribution is 0.0526. The van der Waals surface area contributed by atoms with Gasteiger partial charge in [-0.15, -0.1) is 0 Å². The number of esters is 1. The minimum absolute atomic E-state index is 0.315. The van der Waals surface area contributed by atoms with E-state index >= 15 is 0 Å². The van der Waals surface area contributed by atoms with E-state index in [1.165, 1.54) is 0 Å². The molecule has 7 nitrogen and oxygen atoms in total. The van der Waals surface area contributed by atoms with Gasteiger partial charge in [-0.2, -0.15) is 0 Å². The number of unbranched alkanes of at least 4 members (excludes halogenated alkanes) is 1. The molecule has 1 aliphatic rings. The van der Waals surface area contributed by atoms with Gasteiger partial charge in [0.15, 0.2) is 11.5 Å². The summed E-state index contributed by atoms with van der Waals surface area (Å²) in [7, 11) is 6.55. The molecule has 0 aromatic heterocycles. The van der Waals surface area contributed by atoms with Crippen molar-refractivity contribution < 1.29 is 33.2 Å². The summed E-state index contributed by atoms with van der Waals surface area (Å²) in [6.45, 7) is 2.79. The maximum absolute atomic E-state index is 11.7. The number of rotatable bonds is 12. The molecule has 33 heavy (non-hydrogen) atoms. The highest BCUT2D eigenvalue weighted by Crippen LogP contribution is 2.53. The first kappa shape index (κ1) is 24.6. The fourth-order valence-electron chi connectivity index (χ4n) is 4.47. The Morgan fingerprint density at radius 3 is 1.85 bits per heavy atom. The molecule has 0 unspecified atom stereocenters. The summed E-state index contributed by atoms with van der Waals surface area (Å²) < 4.78 is 33.4. The van der Waals surface area contributed by atoms with Crippen LogP contribution >= 0.6 is 0 Å². The van der Waals surface area contributed by atoms with Crippen LogP contribution in [0.3, 0.4) is 0 Å². The highest BCUT2D eigenvalue weighted by molar-refractivity contribution is 5.89. The number of benzene rings is 2. The third kappa shape index (κ3) is 5.46. The number of hydrogen-bond acceptors (Lipinski definition) is 7. The zero-order valence-electron chi connectivity index (χ0n) is 20.2. The lowest BCUT2D eigenvalue weighted by atomic mass is 9.99. The van der Waals surface area contributed by atoms with Crippen LogP contribution in [0.5, 0.6) is 28.7 Å². The zero-order chi connectivity index (χ0) is 23.8. The third-order valence-corrected chi connectivity index (χ3v) is 5.97. The van der Waals surface area contributed by atoms with E-state index in [2.05, 4.69) is 0 Å². The second kappa shape index (κ2) is 11.7. The van der Waals surface area contributed by atoms with Crippen molar-refractivity contribution in [2.75, 3.05) is 41.7 Å². The molecule has 0 spiro atoms. The Labute approximate surface area is 195 Å². The number of fused-ring (bicyclic) bond motifs is 1. The summed E-state index contributed by atoms with van der Waals surface area (Å²) >= 11 is 0. The Morgan fingerprint density at radius 1 is 0.818 bits per heavy atom. The Hall–Kier alpha value is -3.09. The second-order valence-electron chi connectivity index (χ2n) is 7.95. The average molecular weight is 459 g/mol. The van der Waals surface area contributed by atoms with Gasteiger partial charge in [-0.25, -0.2) is 4.79 Å². The van der Waals surface area contributed by atoms with Gasteiger partial charge in [0.2, 0.25) is 11.5 Å². The highest BCUT2D eigenvalue weighted by atomic mass is 16.5. The van der Waals surface area contributed by atoms with Crippen LogP contribution in [-0.4, -0.2) is 47.6 Å². The molecular formula is C26H34O7. The number of methoxy groups -OCH3 is 4. The normalized spacial score (nSPS) is 12.8. The SMILES string of the molecule is CCOC(=O)c1ccc(OCCCCC2Cc3c(c(OC)c(OC)c(OC)c3OC)C2)cc1. The second-order valence-corrected chi connectivity index (χ2v) is 7.95. The summed E-state index contributed by atoms with van der Waals surface area (Å²) in [5.41, 5.74) is 2.83. The van der Waals surface area contributed by atoms with Gasteiger partial charge in [0.25, 0.3) is 0 Å². The number of carbonyl (C=O) groups is 1. The molecule has 180 valence electrons. The number of hydrogen-bond donors (Lipinski definition) is 0. The quantitative estimate of drug-likeness (QED) is 0.332. The van der Waals surface area contributed by atoms with Gasteiger partial charge < -0.3 is 28.4 Å². The molecule has 0 saturated carbocycles. The molecular weight excluding hydrogens is 424 g/mol. The predicted molar refractivity (Wildman–Crippen MR) is 125 cm³/mol. The van der Waals surface area contributed by atoms with E-state index in [9.17, 15) is 4.79 Å². The lowest BCUT2D eigenvalue weighted by Crippen LogP contribution is -2.05. The average Bonchev–Trinajstić information content (AvgIpc) is 3.26. The molecule has 0 aliphatic heterocycles. The summed E-state index contributed by atoms with van der Waals surface area (Å²) in [6.07, 6.45) is 4.93. The van der Waals surface area contributed by atoms with Gasteiger partial charge in [-0.1, -0.05) is 0 Å². The van der Waals surface area contributed by atoms with Gasteiger partial charge in [-0.05, 0) is 69.2 Å². The molecule has 0 N–H and O–H groups in total. The van der Waals surface area contributed by atoms with E-state index in [1.807, 2.05) is 0 Å². The number of ether oxygens (including phenoxy) is 6. The molecule has 0 bridgehead atoms. The zero-order valence-corrected chi connectivity index (χ0v) is 20.2. The van der Waals surface area contributed by atoms with Crippen molar-refractivity contribution in [1.82, 2.24) is 0 Å². The topological polar surface area (TPSA) is 72.5 Å². The molecule has 1 aliphatic carbocycles.